The van der Waals surface area contributed by atoms with Crippen LogP contribution in [0.25, 0.3) is 0 Å². The maximum Gasteiger partial charge on any atom is 0.251 e. The molecule has 0 unspecified atom stereocenters. The lowest BCUT2D eigenvalue weighted by molar-refractivity contribution is 0.0562. The summed E-state index contributed by atoms with van der Waals surface area (Å²) in [6.07, 6.45) is 3.43. The third kappa shape index (κ3) is 2.59. The third-order valence-corrected chi connectivity index (χ3v) is 3.96. The van der Waals surface area contributed by atoms with Crippen LogP contribution in [0.1, 0.15) is 47.5 Å². The molecule has 4 heteroatoms. The summed E-state index contributed by atoms with van der Waals surface area (Å²) in [6.45, 7) is 0. The molecule has 0 spiro atoms. The van der Waals surface area contributed by atoms with Gasteiger partial charge in [-0.25, -0.2) is 0 Å². The molecule has 0 aromatic heterocycles. The lowest BCUT2D eigenvalue weighted by Crippen LogP contribution is -2.46. The Balaban J connectivity index is 1.73. The van der Waals surface area contributed by atoms with Gasteiger partial charge in [0.15, 0.2) is 0 Å². The number of methoxy groups -OCH3 is 1. The lowest BCUT2D eigenvalue weighted by atomic mass is 9.89. The fourth-order valence-corrected chi connectivity index (χ4v) is 2.56. The number of aliphatic hydroxyl groups is 1. The second-order valence-electron chi connectivity index (χ2n) is 5.53. The molecule has 3 rings (SSSR count). The van der Waals surface area contributed by atoms with Crippen LogP contribution in [0, 0.1) is 0 Å². The number of carbonyl (C=O) groups excluding carboxylic acids is 1. The molecule has 2 aliphatic rings. The van der Waals surface area contributed by atoms with Crippen LogP contribution < -0.4 is 10.1 Å². The Morgan fingerprint density at radius 2 is 2.11 bits per heavy atom. The van der Waals surface area contributed by atoms with E-state index in [0.29, 0.717) is 24.3 Å². The number of hydrogen-bond donors (Lipinski definition) is 2. The van der Waals surface area contributed by atoms with Crippen LogP contribution in [0.15, 0.2) is 18.2 Å². The van der Waals surface area contributed by atoms with Gasteiger partial charge in [0.1, 0.15) is 5.75 Å². The fraction of sp³-hybridized carbons (Fsp3) is 0.533. The average Bonchev–Trinajstić information content (AvgIpc) is 3.20. The predicted octanol–water partition coefficient (Wildman–Crippen LogP) is 1.83. The van der Waals surface area contributed by atoms with Gasteiger partial charge in [-0.2, -0.15) is 0 Å². The summed E-state index contributed by atoms with van der Waals surface area (Å²) in [4.78, 5) is 12.1. The van der Waals surface area contributed by atoms with Crippen LogP contribution in [0.2, 0.25) is 0 Å². The van der Waals surface area contributed by atoms with Gasteiger partial charge in [-0.15, -0.1) is 0 Å². The van der Waals surface area contributed by atoms with Gasteiger partial charge in [0.2, 0.25) is 0 Å². The van der Waals surface area contributed by atoms with E-state index in [1.807, 2.05) is 12.1 Å². The Labute approximate surface area is 112 Å². The highest BCUT2D eigenvalue weighted by molar-refractivity contribution is 5.95. The molecule has 2 aliphatic carbocycles. The van der Waals surface area contributed by atoms with Crippen molar-refractivity contribution in [1.82, 2.24) is 5.32 Å². The second kappa shape index (κ2) is 4.85. The maximum absolute atomic E-state index is 12.1. The number of ether oxygens (including phenoxy) is 1. The van der Waals surface area contributed by atoms with Crippen molar-refractivity contribution in [2.24, 2.45) is 0 Å². The lowest BCUT2D eigenvalue weighted by Gasteiger charge is -2.32. The van der Waals surface area contributed by atoms with Crippen molar-refractivity contribution in [2.75, 3.05) is 7.11 Å². The Hall–Kier alpha value is -1.55. The molecule has 1 aromatic rings. The van der Waals surface area contributed by atoms with Crippen LogP contribution in [0.3, 0.4) is 0 Å². The van der Waals surface area contributed by atoms with Crippen molar-refractivity contribution in [3.63, 3.8) is 0 Å². The van der Waals surface area contributed by atoms with Crippen molar-refractivity contribution in [3.8, 4) is 5.75 Å². The van der Waals surface area contributed by atoms with Crippen molar-refractivity contribution in [2.45, 2.75) is 43.7 Å². The quantitative estimate of drug-likeness (QED) is 0.869. The van der Waals surface area contributed by atoms with E-state index in [-0.39, 0.29) is 18.1 Å². The molecule has 102 valence electrons. The van der Waals surface area contributed by atoms with E-state index in [1.165, 1.54) is 12.8 Å². The number of nitrogens with one attached hydrogen (secondary N) is 1. The van der Waals surface area contributed by atoms with Crippen LogP contribution in [-0.2, 0) is 0 Å². The first-order valence-electron chi connectivity index (χ1n) is 6.84. The highest BCUT2D eigenvalue weighted by atomic mass is 16.5. The summed E-state index contributed by atoms with van der Waals surface area (Å²) in [7, 11) is 1.66. The van der Waals surface area contributed by atoms with Crippen LogP contribution in [-0.4, -0.2) is 30.3 Å². The highest BCUT2D eigenvalue weighted by Gasteiger charge is 2.30. The van der Waals surface area contributed by atoms with Crippen LogP contribution in [0.5, 0.6) is 5.75 Å². The fourth-order valence-electron chi connectivity index (χ4n) is 2.56. The zero-order valence-electron chi connectivity index (χ0n) is 11.1. The number of benzene rings is 1. The third-order valence-electron chi connectivity index (χ3n) is 3.96. The van der Waals surface area contributed by atoms with Gasteiger partial charge in [-0.1, -0.05) is 0 Å². The largest absolute Gasteiger partial charge is 0.496 e. The average molecular weight is 261 g/mol. The Kier molecular flexibility index (Phi) is 3.19. The van der Waals surface area contributed by atoms with Gasteiger partial charge in [0.05, 0.1) is 13.2 Å². The molecule has 0 aliphatic heterocycles. The molecule has 1 amide bonds. The highest BCUT2D eigenvalue weighted by Crippen LogP contribution is 2.44. The van der Waals surface area contributed by atoms with Crippen molar-refractivity contribution in [1.29, 1.82) is 0 Å². The number of carbonyl (C=O) groups is 1. The molecular formula is C15H19NO3. The molecular weight excluding hydrogens is 242 g/mol. The minimum atomic E-state index is -0.247. The summed E-state index contributed by atoms with van der Waals surface area (Å²) in [5.74, 6) is 1.37. The molecule has 1 aromatic carbocycles. The summed E-state index contributed by atoms with van der Waals surface area (Å²) in [5, 5.41) is 12.2. The summed E-state index contributed by atoms with van der Waals surface area (Å²) in [6, 6.07) is 5.74. The zero-order valence-corrected chi connectivity index (χ0v) is 11.1. The first-order chi connectivity index (χ1) is 9.17. The number of aliphatic hydroxyl groups excluding tert-OH is 1. The van der Waals surface area contributed by atoms with E-state index in [1.54, 1.807) is 13.2 Å². The molecule has 0 heterocycles. The van der Waals surface area contributed by atoms with Crippen molar-refractivity contribution in [3.05, 3.63) is 29.3 Å². The number of rotatable bonds is 4. The van der Waals surface area contributed by atoms with E-state index < -0.39 is 0 Å². The van der Waals surface area contributed by atoms with Gasteiger partial charge in [-0.05, 0) is 55.4 Å². The second-order valence-corrected chi connectivity index (χ2v) is 5.53. The first-order valence-corrected chi connectivity index (χ1v) is 6.84. The minimum absolute atomic E-state index is 0.0542. The molecule has 0 saturated heterocycles. The Bertz CT molecular complexity index is 490. The monoisotopic (exact) mass is 261 g/mol. The molecule has 2 N–H and O–H groups in total. The van der Waals surface area contributed by atoms with E-state index in [2.05, 4.69) is 5.32 Å². The van der Waals surface area contributed by atoms with Crippen molar-refractivity contribution >= 4 is 5.91 Å². The summed E-state index contributed by atoms with van der Waals surface area (Å²) in [5.41, 5.74) is 1.83. The molecule has 19 heavy (non-hydrogen) atoms. The molecule has 0 radical (unpaired) electrons. The smallest absolute Gasteiger partial charge is 0.251 e. The Morgan fingerprint density at radius 3 is 2.68 bits per heavy atom. The first kappa shape index (κ1) is 12.5. The molecule has 0 bridgehead atoms. The molecule has 4 nitrogen and oxygen atoms in total. The molecule has 2 saturated carbocycles. The van der Waals surface area contributed by atoms with Gasteiger partial charge in [0, 0.05) is 11.6 Å². The van der Waals surface area contributed by atoms with Gasteiger partial charge < -0.3 is 15.2 Å². The minimum Gasteiger partial charge on any atom is -0.496 e. The topological polar surface area (TPSA) is 58.6 Å². The summed E-state index contributed by atoms with van der Waals surface area (Å²) >= 11 is 0. The predicted molar refractivity (Wildman–Crippen MR) is 71.5 cm³/mol. The standard InChI is InChI=1S/C15H19NO3/c1-19-14-5-4-10(6-13(14)9-2-3-9)15(18)16-11-7-12(17)8-11/h4-6,9,11-12,17H,2-3,7-8H2,1H3,(H,16,18). The molecule has 2 fully saturated rings. The number of amides is 1. The van der Waals surface area contributed by atoms with Gasteiger partial charge >= 0.3 is 0 Å². The maximum atomic E-state index is 12.1. The number of hydrogen-bond acceptors (Lipinski definition) is 3. The van der Waals surface area contributed by atoms with Crippen molar-refractivity contribution < 1.29 is 14.6 Å². The molecule has 0 atom stereocenters. The Morgan fingerprint density at radius 1 is 1.37 bits per heavy atom. The van der Waals surface area contributed by atoms with Crippen LogP contribution >= 0.6 is 0 Å². The van der Waals surface area contributed by atoms with E-state index in [0.717, 1.165) is 11.3 Å². The normalized spacial score (nSPS) is 25.6. The van der Waals surface area contributed by atoms with E-state index >= 15 is 0 Å². The van der Waals surface area contributed by atoms with E-state index in [9.17, 15) is 9.90 Å². The van der Waals surface area contributed by atoms with Crippen LogP contribution in [0.4, 0.5) is 0 Å². The van der Waals surface area contributed by atoms with Gasteiger partial charge in [-0.3, -0.25) is 4.79 Å². The van der Waals surface area contributed by atoms with Gasteiger partial charge in [0.25, 0.3) is 5.91 Å². The summed E-state index contributed by atoms with van der Waals surface area (Å²) < 4.78 is 5.34. The SMILES string of the molecule is COc1ccc(C(=O)NC2CC(O)C2)cc1C1CC1. The zero-order chi connectivity index (χ0) is 13.4. The van der Waals surface area contributed by atoms with E-state index in [4.69, 9.17) is 4.74 Å².